The lowest BCUT2D eigenvalue weighted by atomic mass is 9.79. The van der Waals surface area contributed by atoms with E-state index in [1.54, 1.807) is 0 Å². The molecule has 0 aromatic heterocycles. The van der Waals surface area contributed by atoms with Crippen LogP contribution in [0.3, 0.4) is 0 Å². The van der Waals surface area contributed by atoms with Crippen LogP contribution in [0.15, 0.2) is 0 Å². The summed E-state index contributed by atoms with van der Waals surface area (Å²) in [6.07, 6.45) is 5.37. The second-order valence-electron chi connectivity index (χ2n) is 4.71. The molecule has 4 nitrogen and oxygen atoms in total. The molecule has 1 aliphatic carbocycles. The summed E-state index contributed by atoms with van der Waals surface area (Å²) in [6, 6.07) is 0. The maximum Gasteiger partial charge on any atom is 0.211 e. The van der Waals surface area contributed by atoms with E-state index in [2.05, 4.69) is 4.72 Å². The summed E-state index contributed by atoms with van der Waals surface area (Å²) in [5.41, 5.74) is 5.71. The third-order valence-corrected chi connectivity index (χ3v) is 4.96. The van der Waals surface area contributed by atoms with Gasteiger partial charge in [-0.1, -0.05) is 19.8 Å². The molecule has 0 aromatic carbocycles. The van der Waals surface area contributed by atoms with Crippen molar-refractivity contribution >= 4 is 10.0 Å². The molecule has 0 bridgehead atoms. The van der Waals surface area contributed by atoms with Crippen LogP contribution in [0.1, 0.15) is 39.0 Å². The van der Waals surface area contributed by atoms with Gasteiger partial charge in [0.05, 0.1) is 5.75 Å². The minimum absolute atomic E-state index is 0.229. The molecular weight excluding hydrogens is 224 g/mol. The molecule has 0 radical (unpaired) electrons. The smallest absolute Gasteiger partial charge is 0.211 e. The highest BCUT2D eigenvalue weighted by atomic mass is 32.2. The van der Waals surface area contributed by atoms with E-state index in [4.69, 9.17) is 5.73 Å². The van der Waals surface area contributed by atoms with Gasteiger partial charge < -0.3 is 5.73 Å². The Labute approximate surface area is 99.0 Å². The first-order valence-corrected chi connectivity index (χ1v) is 7.91. The summed E-state index contributed by atoms with van der Waals surface area (Å²) in [6.45, 7) is 3.13. The van der Waals surface area contributed by atoms with Gasteiger partial charge in [0.25, 0.3) is 0 Å². The molecule has 2 atom stereocenters. The van der Waals surface area contributed by atoms with Crippen molar-refractivity contribution in [2.45, 2.75) is 39.0 Å². The first kappa shape index (κ1) is 13.9. The van der Waals surface area contributed by atoms with E-state index in [1.165, 1.54) is 12.8 Å². The molecular formula is C11H24N2O2S. The van der Waals surface area contributed by atoms with Gasteiger partial charge in [-0.25, -0.2) is 13.1 Å². The molecule has 96 valence electrons. The Kier molecular flexibility index (Phi) is 5.72. The molecule has 1 rings (SSSR count). The van der Waals surface area contributed by atoms with E-state index in [9.17, 15) is 8.42 Å². The van der Waals surface area contributed by atoms with Crippen LogP contribution in [0.25, 0.3) is 0 Å². The van der Waals surface area contributed by atoms with Gasteiger partial charge in [0.1, 0.15) is 0 Å². The average Bonchev–Trinajstić information content (AvgIpc) is 2.27. The molecule has 5 heteroatoms. The quantitative estimate of drug-likeness (QED) is 0.739. The van der Waals surface area contributed by atoms with Gasteiger partial charge in [0.2, 0.25) is 10.0 Å². The second kappa shape index (κ2) is 6.57. The van der Waals surface area contributed by atoms with Crippen molar-refractivity contribution in [3.05, 3.63) is 0 Å². The number of rotatable bonds is 6. The van der Waals surface area contributed by atoms with Gasteiger partial charge in [-0.2, -0.15) is 0 Å². The first-order chi connectivity index (χ1) is 7.59. The highest BCUT2D eigenvalue weighted by molar-refractivity contribution is 7.89. The first-order valence-electron chi connectivity index (χ1n) is 6.26. The Morgan fingerprint density at radius 1 is 1.25 bits per heavy atom. The van der Waals surface area contributed by atoms with Crippen molar-refractivity contribution in [3.8, 4) is 0 Å². The monoisotopic (exact) mass is 248 g/mol. The standard InChI is InChI=1S/C11H24N2O2S/c1-2-7-16(14,15)13-9-11-6-4-3-5-10(11)8-12/h10-11,13H,2-9,12H2,1H3. The number of nitrogens with one attached hydrogen (secondary N) is 1. The highest BCUT2D eigenvalue weighted by Crippen LogP contribution is 2.28. The SMILES string of the molecule is CCCS(=O)(=O)NCC1CCCCC1CN. The maximum atomic E-state index is 11.5. The van der Waals surface area contributed by atoms with Crippen molar-refractivity contribution in [1.82, 2.24) is 4.72 Å². The zero-order valence-corrected chi connectivity index (χ0v) is 10.9. The van der Waals surface area contributed by atoms with Gasteiger partial charge in [0.15, 0.2) is 0 Å². The maximum absolute atomic E-state index is 11.5. The van der Waals surface area contributed by atoms with Crippen LogP contribution in [0.5, 0.6) is 0 Å². The van der Waals surface area contributed by atoms with Crippen LogP contribution < -0.4 is 10.5 Å². The van der Waals surface area contributed by atoms with Crippen molar-refractivity contribution in [1.29, 1.82) is 0 Å². The Balaban J connectivity index is 2.41. The Bertz CT molecular complexity index is 290. The van der Waals surface area contributed by atoms with Crippen LogP contribution in [0.2, 0.25) is 0 Å². The Hall–Kier alpha value is -0.130. The summed E-state index contributed by atoms with van der Waals surface area (Å²) < 4.78 is 25.8. The topological polar surface area (TPSA) is 72.2 Å². The van der Waals surface area contributed by atoms with Crippen LogP contribution >= 0.6 is 0 Å². The Morgan fingerprint density at radius 2 is 1.88 bits per heavy atom. The fraction of sp³-hybridized carbons (Fsp3) is 1.00. The van der Waals surface area contributed by atoms with Crippen molar-refractivity contribution in [2.24, 2.45) is 17.6 Å². The molecule has 0 aliphatic heterocycles. The van der Waals surface area contributed by atoms with E-state index in [-0.39, 0.29) is 5.75 Å². The summed E-state index contributed by atoms with van der Waals surface area (Å²) in [5, 5.41) is 0. The van der Waals surface area contributed by atoms with Gasteiger partial charge >= 0.3 is 0 Å². The lowest BCUT2D eigenvalue weighted by molar-refractivity contribution is 0.244. The largest absolute Gasteiger partial charge is 0.330 e. The zero-order chi connectivity index (χ0) is 12.0. The third-order valence-electron chi connectivity index (χ3n) is 3.41. The van der Waals surface area contributed by atoms with Crippen LogP contribution in [-0.4, -0.2) is 27.3 Å². The lowest BCUT2D eigenvalue weighted by Gasteiger charge is -2.30. The molecule has 0 amide bonds. The molecule has 2 unspecified atom stereocenters. The fourth-order valence-corrected chi connectivity index (χ4v) is 3.59. The van der Waals surface area contributed by atoms with E-state index in [1.807, 2.05) is 6.92 Å². The number of sulfonamides is 1. The normalized spacial score (nSPS) is 26.9. The third kappa shape index (κ3) is 4.39. The molecule has 1 saturated carbocycles. The minimum Gasteiger partial charge on any atom is -0.330 e. The highest BCUT2D eigenvalue weighted by Gasteiger charge is 2.24. The molecule has 0 aromatic rings. The van der Waals surface area contributed by atoms with Crippen molar-refractivity contribution < 1.29 is 8.42 Å². The van der Waals surface area contributed by atoms with Gasteiger partial charge in [-0.3, -0.25) is 0 Å². The van der Waals surface area contributed by atoms with Crippen molar-refractivity contribution in [3.63, 3.8) is 0 Å². The van der Waals surface area contributed by atoms with E-state index in [0.717, 1.165) is 12.8 Å². The second-order valence-corrected chi connectivity index (χ2v) is 6.63. The zero-order valence-electron chi connectivity index (χ0n) is 10.1. The molecule has 0 saturated heterocycles. The van der Waals surface area contributed by atoms with Crippen molar-refractivity contribution in [2.75, 3.05) is 18.8 Å². The number of nitrogens with two attached hydrogens (primary N) is 1. The predicted molar refractivity (Wildman–Crippen MR) is 66.6 cm³/mol. The van der Waals surface area contributed by atoms with E-state index in [0.29, 0.717) is 31.3 Å². The Morgan fingerprint density at radius 3 is 2.44 bits per heavy atom. The molecule has 1 fully saturated rings. The lowest BCUT2D eigenvalue weighted by Crippen LogP contribution is -2.37. The van der Waals surface area contributed by atoms with Crippen LogP contribution in [0, 0.1) is 11.8 Å². The van der Waals surface area contributed by atoms with E-state index < -0.39 is 10.0 Å². The van der Waals surface area contributed by atoms with Crippen LogP contribution in [-0.2, 0) is 10.0 Å². The van der Waals surface area contributed by atoms with Gasteiger partial charge in [0, 0.05) is 6.54 Å². The molecule has 3 N–H and O–H groups in total. The average molecular weight is 248 g/mol. The minimum atomic E-state index is -3.05. The number of hydrogen-bond donors (Lipinski definition) is 2. The predicted octanol–water partition coefficient (Wildman–Crippen LogP) is 1.08. The summed E-state index contributed by atoms with van der Waals surface area (Å²) >= 11 is 0. The fourth-order valence-electron chi connectivity index (χ4n) is 2.44. The molecule has 0 heterocycles. The van der Waals surface area contributed by atoms with Gasteiger partial charge in [-0.15, -0.1) is 0 Å². The summed E-state index contributed by atoms with van der Waals surface area (Å²) in [7, 11) is -3.05. The van der Waals surface area contributed by atoms with Gasteiger partial charge in [-0.05, 0) is 37.6 Å². The molecule has 0 spiro atoms. The molecule has 16 heavy (non-hydrogen) atoms. The van der Waals surface area contributed by atoms with E-state index >= 15 is 0 Å². The summed E-state index contributed by atoms with van der Waals surface area (Å²) in [4.78, 5) is 0. The number of hydrogen-bond acceptors (Lipinski definition) is 3. The van der Waals surface area contributed by atoms with Crippen LogP contribution in [0.4, 0.5) is 0 Å². The molecule has 1 aliphatic rings. The summed E-state index contributed by atoms with van der Waals surface area (Å²) in [5.74, 6) is 1.16.